The maximum atomic E-state index is 12.5. The van der Waals surface area contributed by atoms with E-state index in [0.717, 1.165) is 32.4 Å². The van der Waals surface area contributed by atoms with Gasteiger partial charge in [0.2, 0.25) is 5.91 Å². The molecule has 1 aliphatic rings. The number of ether oxygens (including phenoxy) is 1. The number of carbonyl (C=O) groups excluding carboxylic acids is 1. The Hall–Kier alpha value is -0.610. The zero-order valence-electron chi connectivity index (χ0n) is 11.6. The summed E-state index contributed by atoms with van der Waals surface area (Å²) in [6, 6.07) is 0. The van der Waals surface area contributed by atoms with Crippen LogP contribution >= 0.6 is 0 Å². The third-order valence-electron chi connectivity index (χ3n) is 3.64. The van der Waals surface area contributed by atoms with E-state index >= 15 is 0 Å². The van der Waals surface area contributed by atoms with Crippen LogP contribution in [0.2, 0.25) is 0 Å². The van der Waals surface area contributed by atoms with Crippen LogP contribution in [0.5, 0.6) is 0 Å². The summed E-state index contributed by atoms with van der Waals surface area (Å²) in [6.45, 7) is 6.61. The van der Waals surface area contributed by atoms with Gasteiger partial charge in [-0.2, -0.15) is 0 Å². The number of hydrogen-bond acceptors (Lipinski definition) is 3. The average molecular weight is 242 g/mol. The van der Waals surface area contributed by atoms with E-state index < -0.39 is 0 Å². The molecule has 1 amide bonds. The molecule has 1 fully saturated rings. The van der Waals surface area contributed by atoms with Crippen LogP contribution in [0, 0.1) is 5.92 Å². The Bertz CT molecular complexity index is 250. The van der Waals surface area contributed by atoms with Crippen LogP contribution in [0.4, 0.5) is 0 Å². The second-order valence-corrected chi connectivity index (χ2v) is 5.21. The monoisotopic (exact) mass is 242 g/mol. The van der Waals surface area contributed by atoms with Gasteiger partial charge in [0.25, 0.3) is 0 Å². The number of nitrogens with zero attached hydrogens (tertiary/aromatic N) is 1. The molecule has 0 aliphatic carbocycles. The molecule has 0 spiro atoms. The molecule has 1 aliphatic heterocycles. The van der Waals surface area contributed by atoms with Gasteiger partial charge in [-0.25, -0.2) is 0 Å². The van der Waals surface area contributed by atoms with E-state index in [1.807, 2.05) is 11.9 Å². The molecule has 1 N–H and O–H groups in total. The third-order valence-corrected chi connectivity index (χ3v) is 3.64. The number of amides is 1. The van der Waals surface area contributed by atoms with E-state index in [1.54, 1.807) is 7.11 Å². The molecule has 2 unspecified atom stereocenters. The summed E-state index contributed by atoms with van der Waals surface area (Å²) in [5.41, 5.74) is -0.304. The van der Waals surface area contributed by atoms with Gasteiger partial charge in [-0.3, -0.25) is 4.79 Å². The molecule has 4 heteroatoms. The first kappa shape index (κ1) is 14.5. The van der Waals surface area contributed by atoms with Gasteiger partial charge in [0.05, 0.1) is 12.1 Å². The van der Waals surface area contributed by atoms with Crippen molar-refractivity contribution in [2.24, 2.45) is 5.92 Å². The van der Waals surface area contributed by atoms with E-state index in [9.17, 15) is 4.79 Å². The van der Waals surface area contributed by atoms with Crippen molar-refractivity contribution in [3.05, 3.63) is 0 Å². The maximum Gasteiger partial charge on any atom is 0.242 e. The molecule has 0 aromatic carbocycles. The standard InChI is InChI=1S/C13H26N2O2/c1-5-13(7-6-8-14-13)12(16)15(3)9-11(2)10-17-4/h11,14H,5-10H2,1-4H3. The molecular weight excluding hydrogens is 216 g/mol. The molecule has 2 atom stereocenters. The highest BCUT2D eigenvalue weighted by Gasteiger charge is 2.40. The summed E-state index contributed by atoms with van der Waals surface area (Å²) in [5, 5.41) is 3.38. The summed E-state index contributed by atoms with van der Waals surface area (Å²) >= 11 is 0. The second-order valence-electron chi connectivity index (χ2n) is 5.21. The van der Waals surface area contributed by atoms with Crippen LogP contribution < -0.4 is 5.32 Å². The lowest BCUT2D eigenvalue weighted by Crippen LogP contribution is -2.54. The van der Waals surface area contributed by atoms with Crippen molar-refractivity contribution in [2.45, 2.75) is 38.6 Å². The number of likely N-dealkylation sites (N-methyl/N-ethyl adjacent to an activating group) is 1. The van der Waals surface area contributed by atoms with Crippen molar-refractivity contribution in [3.8, 4) is 0 Å². The summed E-state index contributed by atoms with van der Waals surface area (Å²) < 4.78 is 5.11. The highest BCUT2D eigenvalue weighted by Crippen LogP contribution is 2.25. The Morgan fingerprint density at radius 2 is 2.29 bits per heavy atom. The third kappa shape index (κ3) is 3.42. The van der Waals surface area contributed by atoms with Crippen molar-refractivity contribution < 1.29 is 9.53 Å². The van der Waals surface area contributed by atoms with Crippen LogP contribution in [0.1, 0.15) is 33.1 Å². The van der Waals surface area contributed by atoms with Crippen molar-refractivity contribution in [1.82, 2.24) is 10.2 Å². The molecule has 100 valence electrons. The summed E-state index contributed by atoms with van der Waals surface area (Å²) in [5.74, 6) is 0.615. The van der Waals surface area contributed by atoms with Gasteiger partial charge in [-0.1, -0.05) is 13.8 Å². The van der Waals surface area contributed by atoms with Crippen LogP contribution in [0.15, 0.2) is 0 Å². The minimum absolute atomic E-state index is 0.237. The van der Waals surface area contributed by atoms with Crippen LogP contribution in [0.25, 0.3) is 0 Å². The van der Waals surface area contributed by atoms with Gasteiger partial charge in [0, 0.05) is 20.7 Å². The Labute approximate surface area is 105 Å². The van der Waals surface area contributed by atoms with Gasteiger partial charge in [-0.15, -0.1) is 0 Å². The van der Waals surface area contributed by atoms with Gasteiger partial charge in [0.15, 0.2) is 0 Å². The Balaban J connectivity index is 2.55. The maximum absolute atomic E-state index is 12.5. The van der Waals surface area contributed by atoms with E-state index in [0.29, 0.717) is 12.5 Å². The van der Waals surface area contributed by atoms with Crippen molar-refractivity contribution in [2.75, 3.05) is 33.9 Å². The van der Waals surface area contributed by atoms with Crippen LogP contribution in [-0.2, 0) is 9.53 Å². The van der Waals surface area contributed by atoms with Crippen LogP contribution in [-0.4, -0.2) is 50.2 Å². The molecule has 1 saturated heterocycles. The SMILES string of the molecule is CCC1(C(=O)N(C)CC(C)COC)CCCN1. The van der Waals surface area contributed by atoms with Gasteiger partial charge < -0.3 is 15.0 Å². The largest absolute Gasteiger partial charge is 0.384 e. The average Bonchev–Trinajstić information content (AvgIpc) is 2.78. The minimum Gasteiger partial charge on any atom is -0.384 e. The molecular formula is C13H26N2O2. The lowest BCUT2D eigenvalue weighted by Gasteiger charge is -2.33. The van der Waals surface area contributed by atoms with Crippen LogP contribution in [0.3, 0.4) is 0 Å². The fraction of sp³-hybridized carbons (Fsp3) is 0.923. The normalized spacial score (nSPS) is 25.9. The first-order valence-electron chi connectivity index (χ1n) is 6.55. The minimum atomic E-state index is -0.304. The number of carbonyl (C=O) groups is 1. The lowest BCUT2D eigenvalue weighted by atomic mass is 9.92. The molecule has 0 bridgehead atoms. The van der Waals surface area contributed by atoms with Gasteiger partial charge in [-0.05, 0) is 31.7 Å². The Kier molecular flexibility index (Phi) is 5.40. The number of methoxy groups -OCH3 is 1. The zero-order chi connectivity index (χ0) is 12.9. The second kappa shape index (κ2) is 6.36. The summed E-state index contributed by atoms with van der Waals surface area (Å²) in [6.07, 6.45) is 2.93. The predicted molar refractivity (Wildman–Crippen MR) is 68.9 cm³/mol. The molecule has 0 radical (unpaired) electrons. The molecule has 4 nitrogen and oxygen atoms in total. The van der Waals surface area contributed by atoms with E-state index in [2.05, 4.69) is 19.2 Å². The van der Waals surface area contributed by atoms with E-state index in [4.69, 9.17) is 4.74 Å². The highest BCUT2D eigenvalue weighted by atomic mass is 16.5. The van der Waals surface area contributed by atoms with Gasteiger partial charge in [0.1, 0.15) is 0 Å². The Morgan fingerprint density at radius 3 is 2.76 bits per heavy atom. The first-order valence-corrected chi connectivity index (χ1v) is 6.55. The van der Waals surface area contributed by atoms with Crippen molar-refractivity contribution >= 4 is 5.91 Å². The quantitative estimate of drug-likeness (QED) is 0.762. The molecule has 0 aromatic heterocycles. The fourth-order valence-corrected chi connectivity index (χ4v) is 2.69. The lowest BCUT2D eigenvalue weighted by molar-refractivity contribution is -0.137. The molecule has 0 aromatic rings. The smallest absolute Gasteiger partial charge is 0.242 e. The van der Waals surface area contributed by atoms with Gasteiger partial charge >= 0.3 is 0 Å². The van der Waals surface area contributed by atoms with E-state index in [1.165, 1.54) is 0 Å². The zero-order valence-corrected chi connectivity index (χ0v) is 11.6. The Morgan fingerprint density at radius 1 is 1.59 bits per heavy atom. The molecule has 0 saturated carbocycles. The number of rotatable bonds is 6. The number of nitrogens with one attached hydrogen (secondary N) is 1. The van der Waals surface area contributed by atoms with Crippen molar-refractivity contribution in [1.29, 1.82) is 0 Å². The van der Waals surface area contributed by atoms with E-state index in [-0.39, 0.29) is 11.4 Å². The number of hydrogen-bond donors (Lipinski definition) is 1. The topological polar surface area (TPSA) is 41.6 Å². The molecule has 1 heterocycles. The summed E-state index contributed by atoms with van der Waals surface area (Å²) in [7, 11) is 3.59. The fourth-order valence-electron chi connectivity index (χ4n) is 2.69. The molecule has 17 heavy (non-hydrogen) atoms. The summed E-state index contributed by atoms with van der Waals surface area (Å²) in [4.78, 5) is 14.3. The highest BCUT2D eigenvalue weighted by molar-refractivity contribution is 5.86. The van der Waals surface area contributed by atoms with Crippen molar-refractivity contribution in [3.63, 3.8) is 0 Å². The predicted octanol–water partition coefficient (Wildman–Crippen LogP) is 1.26. The first-order chi connectivity index (χ1) is 8.05. The molecule has 1 rings (SSSR count).